The quantitative estimate of drug-likeness (QED) is 0.367. The first-order chi connectivity index (χ1) is 13.8. The van der Waals surface area contributed by atoms with E-state index in [9.17, 15) is 9.59 Å². The van der Waals surface area contributed by atoms with Crippen molar-refractivity contribution < 1.29 is 19.4 Å². The third-order valence-corrected chi connectivity index (χ3v) is 4.11. The van der Waals surface area contributed by atoms with Gasteiger partial charge in [-0.15, -0.1) is 0 Å². The number of carboxylic acid groups (broad SMARTS) is 1. The molecule has 0 atom stereocenters. The lowest BCUT2D eigenvalue weighted by molar-refractivity contribution is -0.135. The normalized spacial score (nSPS) is 10.7. The molecule has 0 radical (unpaired) electrons. The van der Waals surface area contributed by atoms with E-state index in [1.54, 1.807) is 30.3 Å². The number of carbonyl (C=O) groups excluding carboxylic acids is 1. The molecule has 2 rings (SSSR count). The number of nitrogens with two attached hydrogens (primary N) is 1. The number of ether oxygens (including phenoxy) is 1. The predicted molar refractivity (Wildman–Crippen MR) is 113 cm³/mol. The molecule has 5 N–H and O–H groups in total. The van der Waals surface area contributed by atoms with Crippen molar-refractivity contribution in [3.63, 3.8) is 0 Å². The molecule has 8 nitrogen and oxygen atoms in total. The summed E-state index contributed by atoms with van der Waals surface area (Å²) in [6.07, 6.45) is 1.51. The van der Waals surface area contributed by atoms with Crippen LogP contribution < -0.4 is 15.8 Å². The number of aliphatic imine (C=N–C) groups is 1. The molecule has 0 aliphatic rings. The smallest absolute Gasteiger partial charge is 0.322 e. The Morgan fingerprint density at radius 2 is 2.00 bits per heavy atom. The van der Waals surface area contributed by atoms with Gasteiger partial charge in [-0.2, -0.15) is 0 Å². The number of benzene rings is 2. The Bertz CT molecular complexity index is 959. The highest BCUT2D eigenvalue weighted by Crippen LogP contribution is 2.29. The largest absolute Gasteiger partial charge is 0.492 e. The molecular formula is C20H21ClN4O4. The number of anilines is 1. The molecule has 9 heteroatoms. The summed E-state index contributed by atoms with van der Waals surface area (Å²) < 4.78 is 5.43. The minimum atomic E-state index is -1.15. The van der Waals surface area contributed by atoms with Crippen LogP contribution >= 0.6 is 11.6 Å². The van der Waals surface area contributed by atoms with Gasteiger partial charge >= 0.3 is 5.97 Å². The number of rotatable bonds is 9. The van der Waals surface area contributed by atoms with E-state index in [1.807, 2.05) is 6.92 Å². The second-order valence-corrected chi connectivity index (χ2v) is 6.32. The van der Waals surface area contributed by atoms with Crippen LogP contribution in [-0.2, 0) is 4.79 Å². The lowest BCUT2D eigenvalue weighted by Crippen LogP contribution is -2.30. The molecule has 0 saturated carbocycles. The number of amides is 1. The Labute approximate surface area is 172 Å². The number of aliphatic carboxylic acids is 1. The summed E-state index contributed by atoms with van der Waals surface area (Å²) in [5.74, 6) is -1.23. The van der Waals surface area contributed by atoms with Crippen LogP contribution in [0.25, 0.3) is 0 Å². The van der Waals surface area contributed by atoms with Gasteiger partial charge in [-0.1, -0.05) is 29.8 Å². The first-order valence-electron chi connectivity index (χ1n) is 8.72. The summed E-state index contributed by atoms with van der Waals surface area (Å²) in [5.41, 5.74) is 7.64. The highest BCUT2D eigenvalue weighted by Gasteiger charge is 2.14. The summed E-state index contributed by atoms with van der Waals surface area (Å²) >= 11 is 6.08. The van der Waals surface area contributed by atoms with Gasteiger partial charge in [0.25, 0.3) is 5.91 Å². The lowest BCUT2D eigenvalue weighted by Gasteiger charge is -2.10. The molecule has 0 bridgehead atoms. The summed E-state index contributed by atoms with van der Waals surface area (Å²) in [6, 6.07) is 9.70. The van der Waals surface area contributed by atoms with Gasteiger partial charge in [0.05, 0.1) is 23.9 Å². The number of hydrogen-bond donors (Lipinski definition) is 4. The number of carboxylic acids is 1. The van der Waals surface area contributed by atoms with Crippen molar-refractivity contribution in [1.82, 2.24) is 5.32 Å². The SMILES string of the molecule is CCOc1cc(C=NCC(=N)c2ccccc2C(=O)NCC(=O)O)c(N)cc1Cl. The second kappa shape index (κ2) is 10.2. The van der Waals surface area contributed by atoms with Crippen molar-refractivity contribution in [3.8, 4) is 5.75 Å². The minimum Gasteiger partial charge on any atom is -0.492 e. The van der Waals surface area contributed by atoms with E-state index < -0.39 is 18.4 Å². The summed E-state index contributed by atoms with van der Waals surface area (Å²) in [5, 5.41) is 19.6. The third-order valence-electron chi connectivity index (χ3n) is 3.81. The van der Waals surface area contributed by atoms with Gasteiger partial charge < -0.3 is 26.3 Å². The molecule has 0 aromatic heterocycles. The van der Waals surface area contributed by atoms with Gasteiger partial charge in [0.2, 0.25) is 0 Å². The topological polar surface area (TPSA) is 138 Å². The van der Waals surface area contributed by atoms with Crippen molar-refractivity contribution in [2.24, 2.45) is 4.99 Å². The van der Waals surface area contributed by atoms with Crippen LogP contribution in [0.2, 0.25) is 5.02 Å². The van der Waals surface area contributed by atoms with Gasteiger partial charge in [-0.05, 0) is 25.1 Å². The van der Waals surface area contributed by atoms with Crippen LogP contribution in [0.5, 0.6) is 5.75 Å². The molecule has 29 heavy (non-hydrogen) atoms. The van der Waals surface area contributed by atoms with Crippen molar-refractivity contribution in [2.45, 2.75) is 6.92 Å². The molecule has 0 unspecified atom stereocenters. The molecule has 2 aromatic rings. The maximum Gasteiger partial charge on any atom is 0.322 e. The Morgan fingerprint density at radius 3 is 2.66 bits per heavy atom. The maximum absolute atomic E-state index is 12.2. The fourth-order valence-electron chi connectivity index (χ4n) is 2.48. The zero-order chi connectivity index (χ0) is 21.4. The number of nitrogens with zero attached hydrogens (tertiary/aromatic N) is 1. The number of carbonyl (C=O) groups is 2. The molecular weight excluding hydrogens is 396 g/mol. The first kappa shape index (κ1) is 21.9. The van der Waals surface area contributed by atoms with Gasteiger partial charge in [-0.25, -0.2) is 0 Å². The average Bonchev–Trinajstić information content (AvgIpc) is 2.69. The molecule has 0 saturated heterocycles. The van der Waals surface area contributed by atoms with E-state index >= 15 is 0 Å². The maximum atomic E-state index is 12.2. The van der Waals surface area contributed by atoms with Crippen molar-refractivity contribution >= 4 is 41.1 Å². The van der Waals surface area contributed by atoms with Gasteiger partial charge in [-0.3, -0.25) is 14.6 Å². The Morgan fingerprint density at radius 1 is 1.31 bits per heavy atom. The third kappa shape index (κ3) is 6.05. The Kier molecular flexibility index (Phi) is 7.73. The Balaban J connectivity index is 2.15. The van der Waals surface area contributed by atoms with Crippen molar-refractivity contribution in [3.05, 3.63) is 58.1 Å². The zero-order valence-corrected chi connectivity index (χ0v) is 16.5. The monoisotopic (exact) mass is 416 g/mol. The van der Waals surface area contributed by atoms with Crippen LogP contribution in [0.3, 0.4) is 0 Å². The molecule has 0 aliphatic heterocycles. The van der Waals surface area contributed by atoms with Crippen LogP contribution in [0.15, 0.2) is 41.4 Å². The summed E-state index contributed by atoms with van der Waals surface area (Å²) in [7, 11) is 0. The molecule has 0 aliphatic carbocycles. The highest BCUT2D eigenvalue weighted by atomic mass is 35.5. The van der Waals surface area contributed by atoms with Gasteiger partial charge in [0.1, 0.15) is 12.3 Å². The number of nitrogens with one attached hydrogen (secondary N) is 2. The first-order valence-corrected chi connectivity index (χ1v) is 9.09. The molecule has 0 heterocycles. The van der Waals surface area contributed by atoms with Crippen molar-refractivity contribution in [2.75, 3.05) is 25.4 Å². The van der Waals surface area contributed by atoms with Crippen LogP contribution in [-0.4, -0.2) is 48.6 Å². The molecule has 1 amide bonds. The number of halogens is 1. The van der Waals surface area contributed by atoms with Crippen LogP contribution in [0.1, 0.15) is 28.4 Å². The fourth-order valence-corrected chi connectivity index (χ4v) is 2.70. The van der Waals surface area contributed by atoms with Crippen LogP contribution in [0.4, 0.5) is 5.69 Å². The summed E-state index contributed by atoms with van der Waals surface area (Å²) in [6.45, 7) is 1.78. The lowest BCUT2D eigenvalue weighted by atomic mass is 10.0. The van der Waals surface area contributed by atoms with E-state index in [1.165, 1.54) is 12.3 Å². The highest BCUT2D eigenvalue weighted by molar-refractivity contribution is 6.32. The van der Waals surface area contributed by atoms with Crippen molar-refractivity contribution in [1.29, 1.82) is 5.41 Å². The fraction of sp³-hybridized carbons (Fsp3) is 0.200. The van der Waals surface area contributed by atoms with E-state index in [0.717, 1.165) is 0 Å². The van der Waals surface area contributed by atoms with E-state index in [-0.39, 0.29) is 17.8 Å². The minimum absolute atomic E-state index is 0.00470. The van der Waals surface area contributed by atoms with E-state index in [2.05, 4.69) is 10.3 Å². The van der Waals surface area contributed by atoms with Gasteiger partial charge in [0, 0.05) is 28.6 Å². The second-order valence-electron chi connectivity index (χ2n) is 5.91. The van der Waals surface area contributed by atoms with E-state index in [0.29, 0.717) is 34.2 Å². The Hall–Kier alpha value is -3.39. The molecule has 152 valence electrons. The number of hydrogen-bond acceptors (Lipinski definition) is 6. The average molecular weight is 417 g/mol. The zero-order valence-electron chi connectivity index (χ0n) is 15.7. The molecule has 0 spiro atoms. The standard InChI is InChI=1S/C20H21ClN4O4/c1-2-29-18-7-12(16(22)8-15(18)21)9-24-10-17(23)13-5-3-4-6-14(13)20(28)25-11-19(26)27/h3-9,23H,2,10-11,22H2,1H3,(H,25,28)(H,26,27). The van der Waals surface area contributed by atoms with Crippen LogP contribution in [0, 0.1) is 5.41 Å². The number of nitrogen functional groups attached to an aromatic ring is 1. The molecule has 2 aromatic carbocycles. The predicted octanol–water partition coefficient (Wildman–Crippen LogP) is 2.62. The van der Waals surface area contributed by atoms with E-state index in [4.69, 9.17) is 32.6 Å². The molecule has 0 fully saturated rings. The van der Waals surface area contributed by atoms with Gasteiger partial charge in [0.15, 0.2) is 0 Å². The summed E-state index contributed by atoms with van der Waals surface area (Å²) in [4.78, 5) is 27.1.